The fourth-order valence-corrected chi connectivity index (χ4v) is 7.80. The number of nitrogens with zero attached hydrogens (tertiary/aromatic N) is 3. The van der Waals surface area contributed by atoms with Crippen LogP contribution in [0.5, 0.6) is 0 Å². The first-order chi connectivity index (χ1) is 14.1. The Morgan fingerprint density at radius 1 is 0.966 bits per heavy atom. The van der Waals surface area contributed by atoms with E-state index < -0.39 is 16.1 Å². The molecule has 1 aromatic rings. The van der Waals surface area contributed by atoms with Gasteiger partial charge in [-0.05, 0) is 69.0 Å². The number of piperidine rings is 1. The Hall–Kier alpha value is -0.960. The Kier molecular flexibility index (Phi) is 6.94. The highest BCUT2D eigenvalue weighted by Gasteiger charge is 2.42. The van der Waals surface area contributed by atoms with E-state index in [1.54, 1.807) is 17.5 Å². The van der Waals surface area contributed by atoms with Crippen LogP contribution in [0.4, 0.5) is 0 Å². The molecule has 1 amide bonds. The maximum Gasteiger partial charge on any atom is 0.253 e. The van der Waals surface area contributed by atoms with Gasteiger partial charge in [-0.25, -0.2) is 8.42 Å². The van der Waals surface area contributed by atoms with Gasteiger partial charge in [0.2, 0.25) is 5.91 Å². The van der Waals surface area contributed by atoms with Crippen LogP contribution < -0.4 is 0 Å². The minimum Gasteiger partial charge on any atom is -0.341 e. The molecule has 0 bridgehead atoms. The average molecular weight is 440 g/mol. The molecule has 0 radical (unpaired) electrons. The number of sulfonamides is 1. The van der Waals surface area contributed by atoms with Crippen LogP contribution in [0.2, 0.25) is 0 Å². The Balaban J connectivity index is 1.33. The number of rotatable bonds is 5. The molecule has 29 heavy (non-hydrogen) atoms. The summed E-state index contributed by atoms with van der Waals surface area (Å²) in [5.41, 5.74) is 0. The molecule has 0 aromatic carbocycles. The van der Waals surface area contributed by atoms with Crippen molar-refractivity contribution in [2.75, 3.05) is 39.3 Å². The zero-order valence-corrected chi connectivity index (χ0v) is 18.8. The van der Waals surface area contributed by atoms with E-state index in [4.69, 9.17) is 0 Å². The molecular weight excluding hydrogens is 406 g/mol. The molecule has 0 saturated carbocycles. The summed E-state index contributed by atoms with van der Waals surface area (Å²) in [7, 11) is -3.56. The van der Waals surface area contributed by atoms with Crippen molar-refractivity contribution in [3.05, 3.63) is 17.5 Å². The number of hydrogen-bond donors (Lipinski definition) is 0. The van der Waals surface area contributed by atoms with Crippen molar-refractivity contribution in [1.82, 2.24) is 14.1 Å². The van der Waals surface area contributed by atoms with Crippen LogP contribution in [0.1, 0.15) is 51.4 Å². The largest absolute Gasteiger partial charge is 0.341 e. The zero-order chi connectivity index (χ0) is 20.3. The molecule has 4 rings (SSSR count). The van der Waals surface area contributed by atoms with E-state index in [1.807, 2.05) is 4.90 Å². The van der Waals surface area contributed by atoms with Crippen LogP contribution in [0.25, 0.3) is 0 Å². The second-order valence-electron chi connectivity index (χ2n) is 8.69. The molecular formula is C21H33N3O3S2. The minimum atomic E-state index is -3.56. The predicted molar refractivity (Wildman–Crippen MR) is 115 cm³/mol. The smallest absolute Gasteiger partial charge is 0.253 e. The van der Waals surface area contributed by atoms with E-state index in [2.05, 4.69) is 4.90 Å². The standard InChI is InChI=1S/C21H33N3O3S2/c25-21(19-7-5-13-24(19)29(26,27)20-8-6-16-28-20)23-14-9-18(10-15-23)17-22-11-3-1-2-4-12-22/h6,8,16,18-19H,1-5,7,9-15,17H2. The van der Waals surface area contributed by atoms with Crippen molar-refractivity contribution >= 4 is 27.3 Å². The lowest BCUT2D eigenvalue weighted by atomic mass is 9.95. The topological polar surface area (TPSA) is 60.9 Å². The van der Waals surface area contributed by atoms with Crippen LogP contribution in [0.15, 0.2) is 21.7 Å². The maximum atomic E-state index is 13.2. The molecule has 1 atom stereocenters. The van der Waals surface area contributed by atoms with Gasteiger partial charge >= 0.3 is 0 Å². The highest BCUT2D eigenvalue weighted by molar-refractivity contribution is 7.91. The molecule has 1 aromatic heterocycles. The number of likely N-dealkylation sites (tertiary alicyclic amines) is 2. The van der Waals surface area contributed by atoms with Crippen molar-refractivity contribution in [2.24, 2.45) is 5.92 Å². The first-order valence-corrected chi connectivity index (χ1v) is 13.4. The summed E-state index contributed by atoms with van der Waals surface area (Å²) in [4.78, 5) is 17.7. The van der Waals surface area contributed by atoms with E-state index in [9.17, 15) is 13.2 Å². The summed E-state index contributed by atoms with van der Waals surface area (Å²) in [5, 5.41) is 1.77. The molecule has 8 heteroatoms. The second kappa shape index (κ2) is 9.45. The molecule has 0 aliphatic carbocycles. The van der Waals surface area contributed by atoms with Gasteiger partial charge in [0.05, 0.1) is 0 Å². The predicted octanol–water partition coefficient (Wildman–Crippen LogP) is 3.02. The first-order valence-electron chi connectivity index (χ1n) is 11.1. The molecule has 3 saturated heterocycles. The highest BCUT2D eigenvalue weighted by atomic mass is 32.2. The van der Waals surface area contributed by atoms with Gasteiger partial charge in [-0.3, -0.25) is 4.79 Å². The van der Waals surface area contributed by atoms with Gasteiger partial charge < -0.3 is 9.80 Å². The van der Waals surface area contributed by atoms with E-state index in [1.165, 1.54) is 54.4 Å². The molecule has 4 heterocycles. The number of amides is 1. The Morgan fingerprint density at radius 3 is 2.34 bits per heavy atom. The van der Waals surface area contributed by atoms with Gasteiger partial charge in [0, 0.05) is 26.2 Å². The fraction of sp³-hybridized carbons (Fsp3) is 0.762. The van der Waals surface area contributed by atoms with Crippen LogP contribution in [0.3, 0.4) is 0 Å². The third-order valence-electron chi connectivity index (χ3n) is 6.69. The number of thiophene rings is 1. The van der Waals surface area contributed by atoms with Gasteiger partial charge in [-0.15, -0.1) is 11.3 Å². The van der Waals surface area contributed by atoms with Crippen LogP contribution in [-0.4, -0.2) is 73.7 Å². The summed E-state index contributed by atoms with van der Waals surface area (Å²) in [6.07, 6.45) is 8.80. The summed E-state index contributed by atoms with van der Waals surface area (Å²) in [6.45, 7) is 5.57. The minimum absolute atomic E-state index is 0.0100. The molecule has 3 fully saturated rings. The lowest BCUT2D eigenvalue weighted by molar-refractivity contribution is -0.136. The van der Waals surface area contributed by atoms with Crippen molar-refractivity contribution in [3.8, 4) is 0 Å². The number of carbonyl (C=O) groups is 1. The third kappa shape index (κ3) is 4.86. The molecule has 0 spiro atoms. The molecule has 1 unspecified atom stereocenters. The summed E-state index contributed by atoms with van der Waals surface area (Å²) < 4.78 is 27.7. The lowest BCUT2D eigenvalue weighted by Gasteiger charge is -2.36. The summed E-state index contributed by atoms with van der Waals surface area (Å²) in [6, 6.07) is 2.86. The number of carbonyl (C=O) groups excluding carboxylic acids is 1. The molecule has 3 aliphatic rings. The van der Waals surface area contributed by atoms with Gasteiger partial charge in [0.15, 0.2) is 0 Å². The molecule has 6 nitrogen and oxygen atoms in total. The van der Waals surface area contributed by atoms with Crippen molar-refractivity contribution < 1.29 is 13.2 Å². The monoisotopic (exact) mass is 439 g/mol. The SMILES string of the molecule is O=C(C1CCCN1S(=O)(=O)c1cccs1)N1CCC(CN2CCCCCC2)CC1. The van der Waals surface area contributed by atoms with Gasteiger partial charge in [-0.1, -0.05) is 18.9 Å². The first kappa shape index (κ1) is 21.3. The third-order valence-corrected chi connectivity index (χ3v) is 9.97. The van der Waals surface area contributed by atoms with Crippen molar-refractivity contribution in [3.63, 3.8) is 0 Å². The van der Waals surface area contributed by atoms with E-state index in [0.717, 1.165) is 38.9 Å². The fourth-order valence-electron chi connectivity index (χ4n) is 5.03. The van der Waals surface area contributed by atoms with Crippen LogP contribution in [0, 0.1) is 5.92 Å². The van der Waals surface area contributed by atoms with E-state index in [-0.39, 0.29) is 5.91 Å². The van der Waals surface area contributed by atoms with E-state index in [0.29, 0.717) is 23.1 Å². The average Bonchev–Trinajstić information content (AvgIpc) is 3.38. The highest BCUT2D eigenvalue weighted by Crippen LogP contribution is 2.30. The Bertz CT molecular complexity index is 765. The lowest BCUT2D eigenvalue weighted by Crippen LogP contribution is -2.50. The van der Waals surface area contributed by atoms with Crippen molar-refractivity contribution in [2.45, 2.75) is 61.6 Å². The molecule has 0 N–H and O–H groups in total. The van der Waals surface area contributed by atoms with E-state index >= 15 is 0 Å². The van der Waals surface area contributed by atoms with Gasteiger partial charge in [-0.2, -0.15) is 4.31 Å². The second-order valence-corrected chi connectivity index (χ2v) is 11.8. The van der Waals surface area contributed by atoms with Gasteiger partial charge in [0.1, 0.15) is 10.3 Å². The summed E-state index contributed by atoms with van der Waals surface area (Å²) in [5.74, 6) is 0.669. The van der Waals surface area contributed by atoms with Crippen LogP contribution in [-0.2, 0) is 14.8 Å². The normalized spacial score (nSPS) is 25.9. The molecule has 3 aliphatic heterocycles. The van der Waals surface area contributed by atoms with Crippen molar-refractivity contribution in [1.29, 1.82) is 0 Å². The van der Waals surface area contributed by atoms with Crippen LogP contribution >= 0.6 is 11.3 Å². The van der Waals surface area contributed by atoms with Gasteiger partial charge in [0.25, 0.3) is 10.0 Å². The zero-order valence-electron chi connectivity index (χ0n) is 17.2. The quantitative estimate of drug-likeness (QED) is 0.708. The Morgan fingerprint density at radius 2 is 1.69 bits per heavy atom. The maximum absolute atomic E-state index is 13.2. The number of hydrogen-bond acceptors (Lipinski definition) is 5. The Labute approximate surface area is 178 Å². The summed E-state index contributed by atoms with van der Waals surface area (Å²) >= 11 is 1.23. The molecule has 162 valence electrons.